The minimum absolute atomic E-state index is 0.00187. The van der Waals surface area contributed by atoms with Crippen LogP contribution in [0.3, 0.4) is 0 Å². The van der Waals surface area contributed by atoms with E-state index in [2.05, 4.69) is 0 Å². The van der Waals surface area contributed by atoms with E-state index in [0.717, 1.165) is 0 Å². The molecule has 0 unspecified atom stereocenters. The molecule has 4 heteroatoms. The zero-order valence-electron chi connectivity index (χ0n) is 8.10. The van der Waals surface area contributed by atoms with Crippen molar-refractivity contribution in [2.45, 2.75) is 0 Å². The van der Waals surface area contributed by atoms with Gasteiger partial charge in [0.15, 0.2) is 0 Å². The maximum atomic E-state index is 8.63. The van der Waals surface area contributed by atoms with Crippen LogP contribution < -0.4 is 0 Å². The second-order valence-corrected chi connectivity index (χ2v) is 2.77. The van der Waals surface area contributed by atoms with E-state index in [4.69, 9.17) is 21.3 Å². The quantitative estimate of drug-likeness (QED) is 0.544. The minimum atomic E-state index is 0.00187. The van der Waals surface area contributed by atoms with E-state index >= 15 is 0 Å². The molecule has 0 aromatic heterocycles. The standard InChI is InChI=1S/C12H4N4/c13-5-11(6-14)9-1-2-10(4-3-9)12(7-15)8-16/h1-4H/q-2. The van der Waals surface area contributed by atoms with Gasteiger partial charge in [0.25, 0.3) is 0 Å². The van der Waals surface area contributed by atoms with E-state index in [1.54, 1.807) is 23.9 Å². The largest absolute Gasteiger partial charge is 0.762 e. The predicted octanol–water partition coefficient (Wildman–Crippen LogP) is 1.98. The predicted molar refractivity (Wildman–Crippen MR) is 61.2 cm³/mol. The maximum absolute atomic E-state index is 8.63. The van der Waals surface area contributed by atoms with Crippen molar-refractivity contribution < 1.29 is 0 Å². The molecule has 4 nitrogen and oxygen atoms in total. The van der Waals surface area contributed by atoms with Crippen LogP contribution in [0.2, 0.25) is 0 Å². The van der Waals surface area contributed by atoms with Gasteiger partial charge < -0.3 is 10.8 Å². The molecule has 1 aromatic carbocycles. The van der Waals surface area contributed by atoms with E-state index in [0.29, 0.717) is 11.1 Å². The fourth-order valence-corrected chi connectivity index (χ4v) is 1.11. The third kappa shape index (κ3) is 2.12. The van der Waals surface area contributed by atoms with Gasteiger partial charge in [-0.1, -0.05) is 24.3 Å². The molecule has 0 aliphatic heterocycles. The van der Waals surface area contributed by atoms with Crippen molar-refractivity contribution in [3.8, 4) is 12.1 Å². The maximum Gasteiger partial charge on any atom is 0.106 e. The third-order valence-electron chi connectivity index (χ3n) is 1.91. The van der Waals surface area contributed by atoms with Crippen molar-refractivity contribution in [1.29, 1.82) is 10.5 Å². The lowest BCUT2D eigenvalue weighted by Gasteiger charge is -2.01. The number of rotatable bonds is 2. The van der Waals surface area contributed by atoms with Crippen molar-refractivity contribution in [3.63, 3.8) is 0 Å². The molecule has 0 saturated heterocycles. The van der Waals surface area contributed by atoms with Crippen molar-refractivity contribution in [2.24, 2.45) is 0 Å². The zero-order valence-corrected chi connectivity index (χ0v) is 8.10. The number of hydrogen-bond donors (Lipinski definition) is 0. The Morgan fingerprint density at radius 1 is 0.812 bits per heavy atom. The molecular formula is C12H4N4-2. The summed E-state index contributed by atoms with van der Waals surface area (Å²) in [5.74, 6) is 3.53. The zero-order chi connectivity index (χ0) is 12.0. The highest BCUT2D eigenvalue weighted by Crippen LogP contribution is 2.15. The molecule has 16 heavy (non-hydrogen) atoms. The molecule has 1 aromatic rings. The first kappa shape index (κ1) is 11.2. The molecule has 0 bridgehead atoms. The summed E-state index contributed by atoms with van der Waals surface area (Å²) in [5, 5.41) is 34.5. The number of nitriles is 2. The van der Waals surface area contributed by atoms with Gasteiger partial charge in [0, 0.05) is 0 Å². The summed E-state index contributed by atoms with van der Waals surface area (Å²) in [7, 11) is 0. The first-order valence-electron chi connectivity index (χ1n) is 4.22. The van der Waals surface area contributed by atoms with E-state index in [1.807, 2.05) is 0 Å². The van der Waals surface area contributed by atoms with E-state index in [1.165, 1.54) is 24.3 Å². The molecule has 0 fully saturated rings. The van der Waals surface area contributed by atoms with Gasteiger partial charge in [0.1, 0.15) is 12.1 Å². The first-order valence-corrected chi connectivity index (χ1v) is 4.22. The van der Waals surface area contributed by atoms with Crippen LogP contribution in [0.4, 0.5) is 0 Å². The SMILES string of the molecule is N#CC(=C=[N-])c1ccc(C(=C=[N-])C#N)cc1. The molecule has 0 N–H and O–H groups in total. The molecule has 1 rings (SSSR count). The number of benzene rings is 1. The van der Waals surface area contributed by atoms with Crippen LogP contribution in [0.25, 0.3) is 22.0 Å². The molecule has 0 heterocycles. The number of allylic oxidation sites excluding steroid dienone is 2. The average Bonchev–Trinajstić information content (AvgIpc) is 2.34. The Hall–Kier alpha value is -2.90. The van der Waals surface area contributed by atoms with Crippen molar-refractivity contribution >= 4 is 22.9 Å². The Morgan fingerprint density at radius 2 is 1.12 bits per heavy atom. The van der Waals surface area contributed by atoms with Crippen LogP contribution in [-0.4, -0.2) is 11.7 Å². The highest BCUT2D eigenvalue weighted by atomic mass is 14.3. The van der Waals surface area contributed by atoms with Gasteiger partial charge in [0.2, 0.25) is 0 Å². The van der Waals surface area contributed by atoms with E-state index < -0.39 is 0 Å². The highest BCUT2D eigenvalue weighted by molar-refractivity contribution is 6.00. The Labute approximate surface area is 92.4 Å². The van der Waals surface area contributed by atoms with Crippen LogP contribution in [0.1, 0.15) is 11.1 Å². The highest BCUT2D eigenvalue weighted by Gasteiger charge is 2.00. The van der Waals surface area contributed by atoms with E-state index in [9.17, 15) is 0 Å². The summed E-state index contributed by atoms with van der Waals surface area (Å²) < 4.78 is 0. The second-order valence-electron chi connectivity index (χ2n) is 2.77. The molecule has 0 saturated carbocycles. The number of nitrogens with zero attached hydrogens (tertiary/aromatic N) is 4. The Morgan fingerprint density at radius 3 is 1.31 bits per heavy atom. The van der Waals surface area contributed by atoms with Gasteiger partial charge in [-0.2, -0.15) is 10.5 Å². The minimum Gasteiger partial charge on any atom is -0.762 e. The molecule has 0 aliphatic carbocycles. The second kappa shape index (κ2) is 5.10. The van der Waals surface area contributed by atoms with Crippen molar-refractivity contribution in [2.75, 3.05) is 0 Å². The van der Waals surface area contributed by atoms with E-state index in [-0.39, 0.29) is 11.1 Å². The van der Waals surface area contributed by atoms with Crippen LogP contribution in [-0.2, 0) is 0 Å². The smallest absolute Gasteiger partial charge is 0.106 e. The van der Waals surface area contributed by atoms with Gasteiger partial charge in [0.05, 0.1) is 11.1 Å². The Balaban J connectivity index is 3.22. The molecule has 0 amide bonds. The Kier molecular flexibility index (Phi) is 3.56. The van der Waals surface area contributed by atoms with Gasteiger partial charge in [-0.05, 0) is 11.1 Å². The van der Waals surface area contributed by atoms with Crippen LogP contribution in [0, 0.1) is 22.7 Å². The van der Waals surface area contributed by atoms with Gasteiger partial charge in [-0.15, -0.1) is 0 Å². The first-order chi connectivity index (χ1) is 7.76. The van der Waals surface area contributed by atoms with Gasteiger partial charge >= 0.3 is 0 Å². The molecule has 0 spiro atoms. The third-order valence-corrected chi connectivity index (χ3v) is 1.91. The van der Waals surface area contributed by atoms with Crippen LogP contribution in [0.15, 0.2) is 24.3 Å². The average molecular weight is 204 g/mol. The Bertz CT molecular complexity index is 528. The monoisotopic (exact) mass is 204 g/mol. The molecule has 0 atom stereocenters. The lowest BCUT2D eigenvalue weighted by atomic mass is 10.0. The normalized spacial score (nSPS) is 7.88. The summed E-state index contributed by atoms with van der Waals surface area (Å²) in [5.41, 5.74) is 0.956. The summed E-state index contributed by atoms with van der Waals surface area (Å²) in [6.07, 6.45) is 0. The molecular weight excluding hydrogens is 200 g/mol. The molecule has 0 radical (unpaired) electrons. The van der Waals surface area contributed by atoms with Gasteiger partial charge in [-0.3, -0.25) is 0 Å². The summed E-state index contributed by atoms with van der Waals surface area (Å²) in [6.45, 7) is 0. The molecule has 0 aliphatic rings. The topological polar surface area (TPSA) is 92.2 Å². The number of hydrogen-bond acceptors (Lipinski definition) is 2. The van der Waals surface area contributed by atoms with Gasteiger partial charge in [-0.25, -0.2) is 11.7 Å². The summed E-state index contributed by atoms with van der Waals surface area (Å²) >= 11 is 0. The summed E-state index contributed by atoms with van der Waals surface area (Å²) in [4.78, 5) is 0. The van der Waals surface area contributed by atoms with Crippen LogP contribution in [0.5, 0.6) is 0 Å². The summed E-state index contributed by atoms with van der Waals surface area (Å²) in [6, 6.07) is 9.66. The van der Waals surface area contributed by atoms with Crippen molar-refractivity contribution in [1.82, 2.24) is 0 Å². The fourth-order valence-electron chi connectivity index (χ4n) is 1.11. The lowest BCUT2D eigenvalue weighted by Crippen LogP contribution is -1.85. The van der Waals surface area contributed by atoms with Crippen molar-refractivity contribution in [3.05, 3.63) is 46.2 Å². The molecule has 74 valence electrons. The lowest BCUT2D eigenvalue weighted by molar-refractivity contribution is 1.51. The fraction of sp³-hybridized carbons (Fsp3) is 0. The van der Waals surface area contributed by atoms with Crippen LogP contribution >= 0.6 is 0 Å².